The summed E-state index contributed by atoms with van der Waals surface area (Å²) in [5.74, 6) is 0.586. The number of ether oxygens (including phenoxy) is 1. The first-order valence-electron chi connectivity index (χ1n) is 9.31. The molecule has 7 heteroatoms. The molecular weight excluding hydrogens is 320 g/mol. The van der Waals surface area contributed by atoms with Crippen molar-refractivity contribution in [3.05, 3.63) is 21.6 Å². The number of nitrogens with one attached hydrogen (secondary N) is 2. The Morgan fingerprint density at radius 1 is 1.28 bits per heavy atom. The summed E-state index contributed by atoms with van der Waals surface area (Å²) in [6.07, 6.45) is 5.27. The first-order chi connectivity index (χ1) is 12.1. The number of H-pyrrole nitrogens is 1. The van der Waals surface area contributed by atoms with Crippen molar-refractivity contribution in [2.24, 2.45) is 0 Å². The average molecular weight is 350 g/mol. The average Bonchev–Trinajstić information content (AvgIpc) is 2.61. The molecule has 0 aromatic carbocycles. The second-order valence-electron chi connectivity index (χ2n) is 6.46. The Morgan fingerprint density at radius 2 is 2.04 bits per heavy atom. The maximum atomic E-state index is 12.4. The van der Waals surface area contributed by atoms with Gasteiger partial charge in [-0.05, 0) is 19.8 Å². The van der Waals surface area contributed by atoms with Crippen molar-refractivity contribution < 1.29 is 9.53 Å². The van der Waals surface area contributed by atoms with Gasteiger partial charge in [-0.25, -0.2) is 4.98 Å². The number of hydrogen-bond acceptors (Lipinski definition) is 5. The van der Waals surface area contributed by atoms with Crippen LogP contribution in [-0.4, -0.2) is 48.7 Å². The summed E-state index contributed by atoms with van der Waals surface area (Å²) in [6, 6.07) is 0. The molecule has 0 spiro atoms. The van der Waals surface area contributed by atoms with E-state index in [1.807, 2.05) is 11.8 Å². The Balaban J connectivity index is 1.85. The zero-order valence-corrected chi connectivity index (χ0v) is 15.4. The number of carbonyl (C=O) groups excluding carboxylic acids is 1. The molecule has 0 saturated carbocycles. The van der Waals surface area contributed by atoms with Crippen LogP contribution in [0.1, 0.15) is 50.3 Å². The second kappa shape index (κ2) is 10.2. The van der Waals surface area contributed by atoms with Crippen molar-refractivity contribution in [2.45, 2.75) is 52.4 Å². The molecule has 0 atom stereocenters. The van der Waals surface area contributed by atoms with Crippen LogP contribution in [0.25, 0.3) is 0 Å². The third-order valence-corrected chi connectivity index (χ3v) is 4.47. The van der Waals surface area contributed by atoms with E-state index in [4.69, 9.17) is 4.74 Å². The fourth-order valence-corrected chi connectivity index (χ4v) is 2.92. The van der Waals surface area contributed by atoms with Crippen LogP contribution in [0.15, 0.2) is 4.79 Å². The van der Waals surface area contributed by atoms with Gasteiger partial charge < -0.3 is 15.0 Å². The van der Waals surface area contributed by atoms with E-state index in [0.29, 0.717) is 49.8 Å². The van der Waals surface area contributed by atoms with Gasteiger partial charge in [-0.3, -0.25) is 14.6 Å². The zero-order chi connectivity index (χ0) is 18.1. The van der Waals surface area contributed by atoms with E-state index in [-0.39, 0.29) is 11.5 Å². The number of nitrogens with zero attached hydrogens (tertiary/aromatic N) is 2. The molecule has 140 valence electrons. The maximum Gasteiger partial charge on any atom is 0.255 e. The van der Waals surface area contributed by atoms with E-state index in [9.17, 15) is 9.59 Å². The number of hydrogen-bond donors (Lipinski definition) is 2. The molecule has 2 N–H and O–H groups in total. The van der Waals surface area contributed by atoms with Gasteiger partial charge in [-0.1, -0.05) is 26.2 Å². The van der Waals surface area contributed by atoms with Crippen molar-refractivity contribution in [2.75, 3.05) is 37.7 Å². The SMILES string of the molecule is CCCCCCNC(=O)CCc1c(C)nc(N2CCOCC2)[nH]c1=O. The highest BCUT2D eigenvalue weighted by Crippen LogP contribution is 2.11. The largest absolute Gasteiger partial charge is 0.378 e. The molecule has 1 aliphatic rings. The van der Waals surface area contributed by atoms with Crippen molar-refractivity contribution >= 4 is 11.9 Å². The molecule has 2 rings (SSSR count). The van der Waals surface area contributed by atoms with Gasteiger partial charge in [0, 0.05) is 37.3 Å². The van der Waals surface area contributed by atoms with E-state index in [1.165, 1.54) is 12.8 Å². The lowest BCUT2D eigenvalue weighted by Gasteiger charge is -2.27. The Labute approximate surface area is 149 Å². The van der Waals surface area contributed by atoms with Crippen LogP contribution in [0.5, 0.6) is 0 Å². The molecule has 7 nitrogen and oxygen atoms in total. The van der Waals surface area contributed by atoms with Gasteiger partial charge in [0.2, 0.25) is 11.9 Å². The normalized spacial score (nSPS) is 14.6. The fraction of sp³-hybridized carbons (Fsp3) is 0.722. The summed E-state index contributed by atoms with van der Waals surface area (Å²) >= 11 is 0. The molecule has 1 amide bonds. The number of carbonyl (C=O) groups is 1. The maximum absolute atomic E-state index is 12.4. The predicted molar refractivity (Wildman–Crippen MR) is 98.1 cm³/mol. The summed E-state index contributed by atoms with van der Waals surface area (Å²) < 4.78 is 5.32. The Hall–Kier alpha value is -1.89. The quantitative estimate of drug-likeness (QED) is 0.660. The molecule has 0 radical (unpaired) electrons. The molecule has 0 unspecified atom stereocenters. The van der Waals surface area contributed by atoms with Crippen LogP contribution in [0.2, 0.25) is 0 Å². The Bertz CT molecular complexity index is 609. The highest BCUT2D eigenvalue weighted by Gasteiger charge is 2.16. The molecular formula is C18H30N4O3. The van der Waals surface area contributed by atoms with Crippen LogP contribution in [0, 0.1) is 6.92 Å². The summed E-state index contributed by atoms with van der Waals surface area (Å²) in [6.45, 7) is 7.44. The minimum absolute atomic E-state index is 0.00689. The van der Waals surface area contributed by atoms with Gasteiger partial charge in [0.1, 0.15) is 0 Å². The number of aromatic nitrogens is 2. The van der Waals surface area contributed by atoms with Crippen molar-refractivity contribution in [1.29, 1.82) is 0 Å². The van der Waals surface area contributed by atoms with Crippen LogP contribution < -0.4 is 15.8 Å². The molecule has 25 heavy (non-hydrogen) atoms. The number of aryl methyl sites for hydroxylation is 1. The van der Waals surface area contributed by atoms with Crippen molar-refractivity contribution in [3.63, 3.8) is 0 Å². The molecule has 1 saturated heterocycles. The summed E-state index contributed by atoms with van der Waals surface area (Å²) in [7, 11) is 0. The Kier molecular flexibility index (Phi) is 7.91. The van der Waals surface area contributed by atoms with Crippen LogP contribution >= 0.6 is 0 Å². The number of aromatic amines is 1. The fourth-order valence-electron chi connectivity index (χ4n) is 2.92. The molecule has 0 aliphatic carbocycles. The summed E-state index contributed by atoms with van der Waals surface area (Å²) in [4.78, 5) is 33.7. The number of anilines is 1. The van der Waals surface area contributed by atoms with E-state index in [2.05, 4.69) is 22.2 Å². The predicted octanol–water partition coefficient (Wildman–Crippen LogP) is 1.54. The number of unbranched alkanes of at least 4 members (excludes halogenated alkanes) is 3. The third kappa shape index (κ3) is 6.16. The van der Waals surface area contributed by atoms with Crippen molar-refractivity contribution in [3.8, 4) is 0 Å². The minimum Gasteiger partial charge on any atom is -0.378 e. The lowest BCUT2D eigenvalue weighted by molar-refractivity contribution is -0.121. The van der Waals surface area contributed by atoms with E-state index < -0.39 is 0 Å². The molecule has 1 aromatic rings. The highest BCUT2D eigenvalue weighted by atomic mass is 16.5. The van der Waals surface area contributed by atoms with Crippen LogP contribution in [0.4, 0.5) is 5.95 Å². The third-order valence-electron chi connectivity index (χ3n) is 4.47. The molecule has 1 fully saturated rings. The monoisotopic (exact) mass is 350 g/mol. The first kappa shape index (κ1) is 19.4. The first-order valence-corrected chi connectivity index (χ1v) is 9.31. The standard InChI is InChI=1S/C18H30N4O3/c1-3-4-5-6-9-19-16(23)8-7-15-14(2)20-18(21-17(15)24)22-10-12-25-13-11-22/h3-13H2,1-2H3,(H,19,23)(H,20,21,24). The lowest BCUT2D eigenvalue weighted by Crippen LogP contribution is -2.38. The van der Waals surface area contributed by atoms with E-state index in [0.717, 1.165) is 25.9 Å². The van der Waals surface area contributed by atoms with Gasteiger partial charge in [-0.2, -0.15) is 0 Å². The Morgan fingerprint density at radius 3 is 2.72 bits per heavy atom. The molecule has 1 aliphatic heterocycles. The van der Waals surface area contributed by atoms with Gasteiger partial charge in [0.05, 0.1) is 13.2 Å². The molecule has 2 heterocycles. The topological polar surface area (TPSA) is 87.3 Å². The van der Waals surface area contributed by atoms with Gasteiger partial charge in [0.25, 0.3) is 5.56 Å². The number of rotatable bonds is 9. The summed E-state index contributed by atoms with van der Waals surface area (Å²) in [5.41, 5.74) is 1.14. The lowest BCUT2D eigenvalue weighted by atomic mass is 10.1. The number of morpholine rings is 1. The van der Waals surface area contributed by atoms with Crippen LogP contribution in [-0.2, 0) is 16.0 Å². The molecule has 1 aromatic heterocycles. The van der Waals surface area contributed by atoms with E-state index in [1.54, 1.807) is 0 Å². The van der Waals surface area contributed by atoms with E-state index >= 15 is 0 Å². The number of amides is 1. The minimum atomic E-state index is -0.148. The second-order valence-corrected chi connectivity index (χ2v) is 6.46. The van der Waals surface area contributed by atoms with Crippen molar-refractivity contribution in [1.82, 2.24) is 15.3 Å². The molecule has 0 bridgehead atoms. The zero-order valence-electron chi connectivity index (χ0n) is 15.4. The van der Waals surface area contributed by atoms with Gasteiger partial charge in [0.15, 0.2) is 0 Å². The summed E-state index contributed by atoms with van der Waals surface area (Å²) in [5, 5.41) is 2.92. The van der Waals surface area contributed by atoms with Crippen LogP contribution in [0.3, 0.4) is 0 Å². The van der Waals surface area contributed by atoms with Gasteiger partial charge >= 0.3 is 0 Å². The highest BCUT2D eigenvalue weighted by molar-refractivity contribution is 5.76. The smallest absolute Gasteiger partial charge is 0.255 e. The van der Waals surface area contributed by atoms with Gasteiger partial charge in [-0.15, -0.1) is 0 Å².